The molecule has 2 aromatic heterocycles. The Kier molecular flexibility index (Phi) is 5.69. The Morgan fingerprint density at radius 3 is 2.49 bits per heavy atom. The number of hydrogen-bond donors (Lipinski definition) is 1. The number of aromatic carboxylic acids is 1. The Balaban J connectivity index is 1.42. The van der Waals surface area contributed by atoms with Crippen LogP contribution in [0.1, 0.15) is 51.6 Å². The van der Waals surface area contributed by atoms with Crippen molar-refractivity contribution in [3.63, 3.8) is 0 Å². The van der Waals surface area contributed by atoms with Crippen molar-refractivity contribution in [2.45, 2.75) is 32.8 Å². The van der Waals surface area contributed by atoms with E-state index < -0.39 is 5.97 Å². The summed E-state index contributed by atoms with van der Waals surface area (Å²) in [5.41, 5.74) is 6.00. The summed E-state index contributed by atoms with van der Waals surface area (Å²) >= 11 is 0. The number of nitrogens with zero attached hydrogens (tertiary/aromatic N) is 1. The van der Waals surface area contributed by atoms with Crippen LogP contribution in [0.3, 0.4) is 0 Å². The van der Waals surface area contributed by atoms with Crippen LogP contribution in [-0.4, -0.2) is 29.3 Å². The van der Waals surface area contributed by atoms with Crippen molar-refractivity contribution in [3.05, 3.63) is 94.5 Å². The van der Waals surface area contributed by atoms with Gasteiger partial charge in [-0.05, 0) is 55.7 Å². The van der Waals surface area contributed by atoms with Gasteiger partial charge in [-0.1, -0.05) is 48.5 Å². The van der Waals surface area contributed by atoms with Gasteiger partial charge in [0.05, 0.1) is 29.7 Å². The maximum atomic E-state index is 12.5. The molecule has 1 aliphatic rings. The first-order chi connectivity index (χ1) is 17.9. The van der Waals surface area contributed by atoms with E-state index in [0.717, 1.165) is 40.9 Å². The molecule has 3 heterocycles. The molecule has 0 bridgehead atoms. The van der Waals surface area contributed by atoms with Crippen molar-refractivity contribution < 1.29 is 23.8 Å². The molecule has 1 atom stereocenters. The highest BCUT2D eigenvalue weighted by Gasteiger charge is 2.23. The molecule has 3 aromatic carbocycles. The van der Waals surface area contributed by atoms with Crippen LogP contribution in [0.5, 0.6) is 5.75 Å². The predicted molar refractivity (Wildman–Crippen MR) is 142 cm³/mol. The average Bonchev–Trinajstić information content (AvgIpc) is 3.21. The Hall–Kier alpha value is -4.16. The number of furan rings is 1. The SMILES string of the molecule is Cc1c(-c2cc(C(=O)O)c3c(OC(C)c4ccc(C5COC5)cc4)ccc(C)c3n2)oc2ccccc12. The number of carbonyl (C=O) groups is 1. The fraction of sp³-hybridized carbons (Fsp3) is 0.226. The molecular weight excluding hydrogens is 466 g/mol. The summed E-state index contributed by atoms with van der Waals surface area (Å²) in [5, 5.41) is 11.7. The summed E-state index contributed by atoms with van der Waals surface area (Å²) in [4.78, 5) is 17.4. The van der Waals surface area contributed by atoms with Gasteiger partial charge in [-0.15, -0.1) is 0 Å². The average molecular weight is 494 g/mol. The third-order valence-electron chi connectivity index (χ3n) is 7.25. The van der Waals surface area contributed by atoms with E-state index in [2.05, 4.69) is 24.3 Å². The lowest BCUT2D eigenvalue weighted by Crippen LogP contribution is -2.24. The topological polar surface area (TPSA) is 81.8 Å². The smallest absolute Gasteiger partial charge is 0.336 e. The molecule has 1 fully saturated rings. The third-order valence-corrected chi connectivity index (χ3v) is 7.25. The first-order valence-corrected chi connectivity index (χ1v) is 12.4. The summed E-state index contributed by atoms with van der Waals surface area (Å²) in [6, 6.07) is 21.4. The number of hydrogen-bond acceptors (Lipinski definition) is 5. The van der Waals surface area contributed by atoms with Gasteiger partial charge in [-0.3, -0.25) is 0 Å². The van der Waals surface area contributed by atoms with Crippen molar-refractivity contribution in [2.24, 2.45) is 0 Å². The molecule has 0 saturated carbocycles. The Morgan fingerprint density at radius 2 is 1.81 bits per heavy atom. The third kappa shape index (κ3) is 4.03. The summed E-state index contributed by atoms with van der Waals surface area (Å²) in [6.45, 7) is 7.38. The predicted octanol–water partition coefficient (Wildman–Crippen LogP) is 7.22. The molecule has 1 aliphatic heterocycles. The first-order valence-electron chi connectivity index (χ1n) is 12.4. The molecule has 5 aromatic rings. The van der Waals surface area contributed by atoms with Gasteiger partial charge in [0.1, 0.15) is 23.1 Å². The lowest BCUT2D eigenvalue weighted by molar-refractivity contribution is 0.00840. The fourth-order valence-corrected chi connectivity index (χ4v) is 4.97. The molecular formula is C31H27NO5. The number of aromatic nitrogens is 1. The molecule has 186 valence electrons. The van der Waals surface area contributed by atoms with Gasteiger partial charge in [-0.25, -0.2) is 9.78 Å². The van der Waals surface area contributed by atoms with Crippen molar-refractivity contribution in [1.29, 1.82) is 0 Å². The fourth-order valence-electron chi connectivity index (χ4n) is 4.97. The van der Waals surface area contributed by atoms with Gasteiger partial charge in [0, 0.05) is 16.9 Å². The summed E-state index contributed by atoms with van der Waals surface area (Å²) < 4.78 is 17.8. The van der Waals surface area contributed by atoms with Crippen molar-refractivity contribution in [3.8, 4) is 17.2 Å². The summed E-state index contributed by atoms with van der Waals surface area (Å²) in [7, 11) is 0. The number of para-hydroxylation sites is 1. The van der Waals surface area contributed by atoms with Crippen LogP contribution in [0.4, 0.5) is 0 Å². The van der Waals surface area contributed by atoms with Crippen LogP contribution in [0.15, 0.2) is 71.1 Å². The van der Waals surface area contributed by atoms with Gasteiger partial charge >= 0.3 is 5.97 Å². The van der Waals surface area contributed by atoms with E-state index in [9.17, 15) is 9.90 Å². The Bertz CT molecular complexity index is 1650. The second-order valence-corrected chi connectivity index (χ2v) is 9.68. The molecule has 0 aliphatic carbocycles. The second kappa shape index (κ2) is 9.05. The van der Waals surface area contributed by atoms with E-state index >= 15 is 0 Å². The highest BCUT2D eigenvalue weighted by molar-refractivity contribution is 6.07. The quantitative estimate of drug-likeness (QED) is 0.269. The van der Waals surface area contributed by atoms with E-state index in [-0.39, 0.29) is 11.7 Å². The number of benzene rings is 3. The monoisotopic (exact) mass is 493 g/mol. The molecule has 1 N–H and O–H groups in total. The standard InChI is InChI=1S/C31H27NO5/c1-17-8-13-27(36-19(3)20-9-11-21(12-10-20)22-15-35-16-22)28-24(31(33)34)14-25(32-29(17)28)30-18(2)23-6-4-5-7-26(23)37-30/h4-14,19,22H,15-16H2,1-3H3,(H,33,34). The van der Waals surface area contributed by atoms with Crippen LogP contribution >= 0.6 is 0 Å². The zero-order valence-electron chi connectivity index (χ0n) is 20.9. The highest BCUT2D eigenvalue weighted by atomic mass is 16.5. The number of ether oxygens (including phenoxy) is 2. The van der Waals surface area contributed by atoms with E-state index in [1.54, 1.807) is 6.07 Å². The van der Waals surface area contributed by atoms with Crippen LogP contribution in [0.25, 0.3) is 33.3 Å². The molecule has 6 rings (SSSR count). The maximum absolute atomic E-state index is 12.5. The number of rotatable bonds is 6. The molecule has 6 nitrogen and oxygen atoms in total. The minimum Gasteiger partial charge on any atom is -0.485 e. The number of carboxylic acids is 1. The number of carboxylic acid groups (broad SMARTS) is 1. The molecule has 0 spiro atoms. The van der Waals surface area contributed by atoms with E-state index in [1.807, 2.05) is 57.2 Å². The van der Waals surface area contributed by atoms with Crippen LogP contribution in [-0.2, 0) is 4.74 Å². The largest absolute Gasteiger partial charge is 0.485 e. The Labute approximate surface area is 214 Å². The number of pyridine rings is 1. The van der Waals surface area contributed by atoms with Crippen molar-refractivity contribution in [1.82, 2.24) is 4.98 Å². The highest BCUT2D eigenvalue weighted by Crippen LogP contribution is 2.38. The van der Waals surface area contributed by atoms with Crippen molar-refractivity contribution in [2.75, 3.05) is 13.2 Å². The van der Waals surface area contributed by atoms with Gasteiger partial charge in [0.15, 0.2) is 5.76 Å². The van der Waals surface area contributed by atoms with Crippen LogP contribution in [0, 0.1) is 13.8 Å². The summed E-state index contributed by atoms with van der Waals surface area (Å²) in [6.07, 6.45) is -0.281. The minimum absolute atomic E-state index is 0.131. The Morgan fingerprint density at radius 1 is 1.05 bits per heavy atom. The van der Waals surface area contributed by atoms with E-state index in [4.69, 9.17) is 18.9 Å². The molecule has 1 saturated heterocycles. The van der Waals surface area contributed by atoms with Crippen LogP contribution in [0.2, 0.25) is 0 Å². The molecule has 0 amide bonds. The lowest BCUT2D eigenvalue weighted by Gasteiger charge is -2.26. The number of aryl methyl sites for hydroxylation is 2. The van der Waals surface area contributed by atoms with Crippen molar-refractivity contribution >= 4 is 27.8 Å². The van der Waals surface area contributed by atoms with Crippen LogP contribution < -0.4 is 4.74 Å². The zero-order valence-corrected chi connectivity index (χ0v) is 20.9. The zero-order chi connectivity index (χ0) is 25.7. The van der Waals surface area contributed by atoms with E-state index in [0.29, 0.717) is 34.0 Å². The lowest BCUT2D eigenvalue weighted by atomic mass is 9.96. The molecule has 1 unspecified atom stereocenters. The van der Waals surface area contributed by atoms with Gasteiger partial charge in [-0.2, -0.15) is 0 Å². The molecule has 6 heteroatoms. The summed E-state index contributed by atoms with van der Waals surface area (Å²) in [5.74, 6) is 0.474. The minimum atomic E-state index is -1.04. The van der Waals surface area contributed by atoms with Gasteiger partial charge in [0.2, 0.25) is 0 Å². The van der Waals surface area contributed by atoms with Gasteiger partial charge < -0.3 is 19.0 Å². The first kappa shape index (κ1) is 23.3. The molecule has 0 radical (unpaired) electrons. The molecule has 37 heavy (non-hydrogen) atoms. The normalized spacial score (nSPS) is 14.6. The van der Waals surface area contributed by atoms with E-state index in [1.165, 1.54) is 5.56 Å². The number of fused-ring (bicyclic) bond motifs is 2. The van der Waals surface area contributed by atoms with Gasteiger partial charge in [0.25, 0.3) is 0 Å². The second-order valence-electron chi connectivity index (χ2n) is 9.68. The maximum Gasteiger partial charge on any atom is 0.336 e.